The molecule has 0 unspecified atom stereocenters. The van der Waals surface area contributed by atoms with Crippen LogP contribution >= 0.6 is 12.2 Å². The number of benzene rings is 1. The summed E-state index contributed by atoms with van der Waals surface area (Å²) in [7, 11) is 0. The van der Waals surface area contributed by atoms with Gasteiger partial charge in [0.05, 0.1) is 13.2 Å². The highest BCUT2D eigenvalue weighted by molar-refractivity contribution is 7.81. The first kappa shape index (κ1) is 17.8. The van der Waals surface area contributed by atoms with Crippen LogP contribution in [-0.2, 0) is 14.3 Å². The summed E-state index contributed by atoms with van der Waals surface area (Å²) in [6.07, 6.45) is 0. The van der Waals surface area contributed by atoms with Gasteiger partial charge in [0.2, 0.25) is 0 Å². The molecule has 1 aromatic rings. The first-order valence-electron chi connectivity index (χ1n) is 6.40. The number of carbonyl (C=O) groups is 1. The molecule has 22 heavy (non-hydrogen) atoms. The Labute approximate surface area is 131 Å². The smallest absolute Gasteiger partial charge is 0.348 e. The number of carbonyl (C=O) groups excluding carboxylic acids is 1. The SMILES string of the molecule is CCOC(=O)C(C(=S)Nc1ccc(F)c(F)c1)=C(O)OCC. The normalized spacial score (nSPS) is 11.5. The molecular formula is C14H15F2NO4S. The van der Waals surface area contributed by atoms with Gasteiger partial charge in [-0.3, -0.25) is 0 Å². The number of anilines is 1. The summed E-state index contributed by atoms with van der Waals surface area (Å²) in [6.45, 7) is 3.35. The zero-order chi connectivity index (χ0) is 16.7. The standard InChI is InChI=1S/C14H15F2NO4S/c1-3-20-13(18)11(14(19)21-4-2)12(22)17-8-5-6-9(15)10(16)7-8/h5-7,18H,3-4H2,1-2H3,(H,17,22). The molecule has 0 fully saturated rings. The molecule has 0 aromatic heterocycles. The Kier molecular flexibility index (Phi) is 6.71. The molecule has 1 rings (SSSR count). The maximum Gasteiger partial charge on any atom is 0.348 e. The summed E-state index contributed by atoms with van der Waals surface area (Å²) in [5.74, 6) is -3.70. The number of ether oxygens (including phenoxy) is 2. The van der Waals surface area contributed by atoms with Gasteiger partial charge in [-0.2, -0.15) is 0 Å². The van der Waals surface area contributed by atoms with Crippen molar-refractivity contribution in [2.45, 2.75) is 13.8 Å². The van der Waals surface area contributed by atoms with E-state index >= 15 is 0 Å². The molecule has 5 nitrogen and oxygen atoms in total. The number of nitrogens with one attached hydrogen (secondary N) is 1. The summed E-state index contributed by atoms with van der Waals surface area (Å²) >= 11 is 4.99. The lowest BCUT2D eigenvalue weighted by Crippen LogP contribution is -2.23. The zero-order valence-electron chi connectivity index (χ0n) is 12.0. The van der Waals surface area contributed by atoms with Crippen molar-refractivity contribution in [3.8, 4) is 0 Å². The van der Waals surface area contributed by atoms with Gasteiger partial charge in [0, 0.05) is 11.8 Å². The Morgan fingerprint density at radius 1 is 1.23 bits per heavy atom. The van der Waals surface area contributed by atoms with Crippen molar-refractivity contribution < 1.29 is 28.2 Å². The van der Waals surface area contributed by atoms with Crippen LogP contribution in [0.1, 0.15) is 13.8 Å². The number of thiocarbonyl (C=S) groups is 1. The predicted octanol–water partition coefficient (Wildman–Crippen LogP) is 3.07. The van der Waals surface area contributed by atoms with E-state index in [1.807, 2.05) is 0 Å². The Bertz CT molecular complexity index is 605. The van der Waals surface area contributed by atoms with Gasteiger partial charge in [0.1, 0.15) is 4.99 Å². The molecule has 0 heterocycles. The Balaban J connectivity index is 3.04. The maximum atomic E-state index is 13.2. The lowest BCUT2D eigenvalue weighted by Gasteiger charge is -2.13. The second-order valence-electron chi connectivity index (χ2n) is 3.92. The minimum atomic E-state index is -1.08. The average molecular weight is 331 g/mol. The zero-order valence-corrected chi connectivity index (χ0v) is 12.8. The third-order valence-electron chi connectivity index (χ3n) is 2.38. The molecule has 2 N–H and O–H groups in total. The van der Waals surface area contributed by atoms with Crippen molar-refractivity contribution in [2.24, 2.45) is 0 Å². The van der Waals surface area contributed by atoms with E-state index < -0.39 is 29.1 Å². The van der Waals surface area contributed by atoms with Gasteiger partial charge >= 0.3 is 5.97 Å². The molecule has 0 amide bonds. The van der Waals surface area contributed by atoms with Crippen molar-refractivity contribution >= 4 is 28.9 Å². The highest BCUT2D eigenvalue weighted by Crippen LogP contribution is 2.16. The summed E-state index contributed by atoms with van der Waals surface area (Å²) in [6, 6.07) is 2.99. The van der Waals surface area contributed by atoms with E-state index in [-0.39, 0.29) is 23.9 Å². The summed E-state index contributed by atoms with van der Waals surface area (Å²) < 4.78 is 35.6. The van der Waals surface area contributed by atoms with Gasteiger partial charge in [-0.05, 0) is 26.0 Å². The molecule has 0 spiro atoms. The molecule has 0 radical (unpaired) electrons. The van der Waals surface area contributed by atoms with Crippen molar-refractivity contribution in [3.05, 3.63) is 41.4 Å². The molecule has 0 saturated heterocycles. The lowest BCUT2D eigenvalue weighted by atomic mass is 10.2. The van der Waals surface area contributed by atoms with E-state index in [9.17, 15) is 18.7 Å². The second kappa shape index (κ2) is 8.28. The largest absolute Gasteiger partial charge is 0.480 e. The Hall–Kier alpha value is -2.22. The lowest BCUT2D eigenvalue weighted by molar-refractivity contribution is -0.138. The molecule has 8 heteroatoms. The van der Waals surface area contributed by atoms with E-state index in [2.05, 4.69) is 5.32 Å². The van der Waals surface area contributed by atoms with Crippen LogP contribution in [0.3, 0.4) is 0 Å². The average Bonchev–Trinajstić information content (AvgIpc) is 2.43. The summed E-state index contributed by atoms with van der Waals surface area (Å²) in [4.78, 5) is 11.6. The van der Waals surface area contributed by atoms with Crippen LogP contribution in [0.5, 0.6) is 0 Å². The monoisotopic (exact) mass is 331 g/mol. The molecule has 0 aliphatic rings. The van der Waals surface area contributed by atoms with Gasteiger partial charge in [0.15, 0.2) is 17.2 Å². The molecule has 0 aliphatic carbocycles. The van der Waals surface area contributed by atoms with E-state index in [0.29, 0.717) is 0 Å². The predicted molar refractivity (Wildman–Crippen MR) is 80.5 cm³/mol. The van der Waals surface area contributed by atoms with Crippen LogP contribution in [0.25, 0.3) is 0 Å². The Morgan fingerprint density at radius 3 is 2.41 bits per heavy atom. The quantitative estimate of drug-likeness (QED) is 0.361. The number of esters is 1. The van der Waals surface area contributed by atoms with Crippen LogP contribution in [0.4, 0.5) is 14.5 Å². The third-order valence-corrected chi connectivity index (χ3v) is 2.69. The Morgan fingerprint density at radius 2 is 1.86 bits per heavy atom. The van der Waals surface area contributed by atoms with Crippen LogP contribution in [0.2, 0.25) is 0 Å². The van der Waals surface area contributed by atoms with Gasteiger partial charge < -0.3 is 19.9 Å². The number of rotatable bonds is 6. The fraction of sp³-hybridized carbons (Fsp3) is 0.286. The van der Waals surface area contributed by atoms with Crippen molar-refractivity contribution in [1.29, 1.82) is 0 Å². The van der Waals surface area contributed by atoms with Crippen LogP contribution in [0.15, 0.2) is 29.7 Å². The number of hydrogen-bond donors (Lipinski definition) is 2. The van der Waals surface area contributed by atoms with Gasteiger partial charge in [-0.25, -0.2) is 13.6 Å². The molecule has 0 bridgehead atoms. The van der Waals surface area contributed by atoms with Crippen molar-refractivity contribution in [2.75, 3.05) is 18.5 Å². The molecule has 0 aliphatic heterocycles. The molecule has 0 saturated carbocycles. The number of aliphatic hydroxyl groups excluding tert-OH is 1. The van der Waals surface area contributed by atoms with E-state index in [0.717, 1.165) is 12.1 Å². The van der Waals surface area contributed by atoms with Gasteiger partial charge in [-0.1, -0.05) is 12.2 Å². The number of hydrogen-bond acceptors (Lipinski definition) is 5. The van der Waals surface area contributed by atoms with Crippen molar-refractivity contribution in [3.63, 3.8) is 0 Å². The number of aliphatic hydroxyl groups is 1. The van der Waals surface area contributed by atoms with Crippen LogP contribution < -0.4 is 5.32 Å². The summed E-state index contributed by atoms with van der Waals surface area (Å²) in [5, 5.41) is 12.3. The van der Waals surface area contributed by atoms with Crippen molar-refractivity contribution in [1.82, 2.24) is 0 Å². The highest BCUT2D eigenvalue weighted by atomic mass is 32.1. The van der Waals surface area contributed by atoms with Gasteiger partial charge in [-0.15, -0.1) is 0 Å². The maximum absolute atomic E-state index is 13.2. The second-order valence-corrected chi connectivity index (χ2v) is 4.32. The minimum Gasteiger partial charge on any atom is -0.480 e. The number of halogens is 2. The molecule has 0 atom stereocenters. The van der Waals surface area contributed by atoms with E-state index in [1.165, 1.54) is 6.07 Å². The highest BCUT2D eigenvalue weighted by Gasteiger charge is 2.23. The van der Waals surface area contributed by atoms with E-state index in [4.69, 9.17) is 21.7 Å². The van der Waals surface area contributed by atoms with E-state index in [1.54, 1.807) is 13.8 Å². The molecule has 1 aromatic carbocycles. The fourth-order valence-electron chi connectivity index (χ4n) is 1.46. The van der Waals surface area contributed by atoms with Gasteiger partial charge in [0.25, 0.3) is 5.95 Å². The third kappa shape index (κ3) is 4.66. The summed E-state index contributed by atoms with van der Waals surface area (Å²) in [5.41, 5.74) is -0.293. The topological polar surface area (TPSA) is 67.8 Å². The van der Waals surface area contributed by atoms with Crippen LogP contribution in [-0.4, -0.2) is 29.3 Å². The molecule has 120 valence electrons. The fourth-order valence-corrected chi connectivity index (χ4v) is 1.75. The first-order valence-corrected chi connectivity index (χ1v) is 6.81. The molecular weight excluding hydrogens is 316 g/mol. The van der Waals surface area contributed by atoms with Crippen LogP contribution in [0, 0.1) is 11.6 Å². The minimum absolute atomic E-state index is 0.0650. The first-order chi connectivity index (χ1) is 10.4.